The molecule has 1 aromatic rings. The molecular formula is C21H27Cl3O4. The SMILES string of the molecule is CC(C)(C)C1CCCCC1OC(=O)CCCC(=O)Oc1c(Cl)cc(Cl)cc1Cl. The molecule has 1 aliphatic carbocycles. The molecule has 156 valence electrons. The maximum Gasteiger partial charge on any atom is 0.311 e. The first kappa shape index (κ1) is 23.3. The van der Waals surface area contributed by atoms with Gasteiger partial charge in [-0.15, -0.1) is 0 Å². The number of carbonyl (C=O) groups is 2. The molecule has 0 saturated heterocycles. The molecule has 2 atom stereocenters. The first-order valence-electron chi connectivity index (χ1n) is 9.62. The summed E-state index contributed by atoms with van der Waals surface area (Å²) in [5, 5.41) is 0.681. The molecule has 28 heavy (non-hydrogen) atoms. The lowest BCUT2D eigenvalue weighted by molar-refractivity contribution is -0.156. The lowest BCUT2D eigenvalue weighted by atomic mass is 9.70. The van der Waals surface area contributed by atoms with E-state index in [2.05, 4.69) is 20.8 Å². The van der Waals surface area contributed by atoms with Crippen molar-refractivity contribution in [2.75, 3.05) is 0 Å². The molecule has 1 aromatic carbocycles. The molecule has 7 heteroatoms. The summed E-state index contributed by atoms with van der Waals surface area (Å²) in [5.74, 6) is -0.333. The molecule has 0 bridgehead atoms. The van der Waals surface area contributed by atoms with Gasteiger partial charge in [0, 0.05) is 23.8 Å². The minimum atomic E-state index is -0.510. The molecule has 0 heterocycles. The lowest BCUT2D eigenvalue weighted by Crippen LogP contribution is -2.38. The Kier molecular flexibility index (Phi) is 8.47. The molecule has 0 aliphatic heterocycles. The van der Waals surface area contributed by atoms with E-state index in [1.54, 1.807) is 0 Å². The monoisotopic (exact) mass is 448 g/mol. The fourth-order valence-electron chi connectivity index (χ4n) is 3.62. The van der Waals surface area contributed by atoms with Crippen molar-refractivity contribution in [3.05, 3.63) is 27.2 Å². The standard InChI is InChI=1S/C21H27Cl3O4/c1-21(2,3)14-7-4-5-8-17(14)27-18(25)9-6-10-19(26)28-20-15(23)11-13(22)12-16(20)24/h11-12,14,17H,4-10H2,1-3H3. The predicted molar refractivity (Wildman–Crippen MR) is 112 cm³/mol. The van der Waals surface area contributed by atoms with Gasteiger partial charge >= 0.3 is 11.9 Å². The number of carbonyl (C=O) groups excluding carboxylic acids is 2. The Bertz CT molecular complexity index is 689. The zero-order valence-electron chi connectivity index (χ0n) is 16.5. The van der Waals surface area contributed by atoms with Crippen LogP contribution in [0.25, 0.3) is 0 Å². The summed E-state index contributed by atoms with van der Waals surface area (Å²) in [5.41, 5.74) is 0.103. The van der Waals surface area contributed by atoms with Gasteiger partial charge in [0.25, 0.3) is 0 Å². The van der Waals surface area contributed by atoms with E-state index in [1.807, 2.05) is 0 Å². The van der Waals surface area contributed by atoms with Crippen molar-refractivity contribution in [1.82, 2.24) is 0 Å². The zero-order chi connectivity index (χ0) is 20.9. The Balaban J connectivity index is 1.79. The molecule has 0 radical (unpaired) electrons. The average molecular weight is 450 g/mol. The third kappa shape index (κ3) is 6.82. The second kappa shape index (κ2) is 10.2. The number of halogens is 3. The third-order valence-corrected chi connectivity index (χ3v) is 5.82. The lowest BCUT2D eigenvalue weighted by Gasteiger charge is -2.39. The Morgan fingerprint density at radius 2 is 1.57 bits per heavy atom. The molecular weight excluding hydrogens is 423 g/mol. The van der Waals surface area contributed by atoms with Gasteiger partial charge in [0.2, 0.25) is 0 Å². The normalized spacial score (nSPS) is 19.9. The van der Waals surface area contributed by atoms with Crippen LogP contribution in [0.3, 0.4) is 0 Å². The maximum atomic E-state index is 12.2. The van der Waals surface area contributed by atoms with Crippen molar-refractivity contribution >= 4 is 46.7 Å². The molecule has 1 saturated carbocycles. The van der Waals surface area contributed by atoms with Gasteiger partial charge in [0.15, 0.2) is 5.75 Å². The van der Waals surface area contributed by atoms with Crippen molar-refractivity contribution in [3.63, 3.8) is 0 Å². The molecule has 0 N–H and O–H groups in total. The van der Waals surface area contributed by atoms with E-state index in [0.29, 0.717) is 17.4 Å². The number of rotatable bonds is 6. The summed E-state index contributed by atoms with van der Waals surface area (Å²) in [7, 11) is 0. The summed E-state index contributed by atoms with van der Waals surface area (Å²) < 4.78 is 10.9. The predicted octanol–water partition coefficient (Wildman–Crippen LogP) is 6.87. The quantitative estimate of drug-likeness (QED) is 0.351. The summed E-state index contributed by atoms with van der Waals surface area (Å²) in [6, 6.07) is 2.90. The second-order valence-electron chi connectivity index (χ2n) is 8.31. The van der Waals surface area contributed by atoms with Gasteiger partial charge in [-0.1, -0.05) is 62.0 Å². The van der Waals surface area contributed by atoms with Gasteiger partial charge in [-0.25, -0.2) is 0 Å². The van der Waals surface area contributed by atoms with Crippen LogP contribution in [0.5, 0.6) is 5.75 Å². The molecule has 2 rings (SSSR count). The second-order valence-corrected chi connectivity index (χ2v) is 9.56. The Labute approximate surface area is 181 Å². The highest BCUT2D eigenvalue weighted by atomic mass is 35.5. The number of esters is 2. The van der Waals surface area contributed by atoms with E-state index in [1.165, 1.54) is 18.6 Å². The van der Waals surface area contributed by atoms with Crippen LogP contribution in [0.2, 0.25) is 15.1 Å². The molecule has 0 spiro atoms. The van der Waals surface area contributed by atoms with Gasteiger partial charge in [0.1, 0.15) is 6.10 Å². The highest BCUT2D eigenvalue weighted by Crippen LogP contribution is 2.40. The molecule has 1 aliphatic rings. The Hall–Kier alpha value is -0.970. The van der Waals surface area contributed by atoms with Gasteiger partial charge in [-0.05, 0) is 43.2 Å². The van der Waals surface area contributed by atoms with Crippen molar-refractivity contribution in [2.24, 2.45) is 11.3 Å². The van der Waals surface area contributed by atoms with Crippen LogP contribution in [0.1, 0.15) is 65.7 Å². The van der Waals surface area contributed by atoms with Crippen molar-refractivity contribution in [1.29, 1.82) is 0 Å². The van der Waals surface area contributed by atoms with E-state index < -0.39 is 5.97 Å². The van der Waals surface area contributed by atoms with Crippen molar-refractivity contribution < 1.29 is 19.1 Å². The van der Waals surface area contributed by atoms with Crippen LogP contribution in [0, 0.1) is 11.3 Å². The van der Waals surface area contributed by atoms with E-state index in [4.69, 9.17) is 44.3 Å². The fraction of sp³-hybridized carbons (Fsp3) is 0.619. The van der Waals surface area contributed by atoms with Crippen molar-refractivity contribution in [2.45, 2.75) is 71.8 Å². The van der Waals surface area contributed by atoms with Gasteiger partial charge in [-0.2, -0.15) is 0 Å². The number of ether oxygens (including phenoxy) is 2. The number of hydrogen-bond acceptors (Lipinski definition) is 4. The smallest absolute Gasteiger partial charge is 0.311 e. The van der Waals surface area contributed by atoms with Crippen LogP contribution < -0.4 is 4.74 Å². The Morgan fingerprint density at radius 3 is 2.18 bits per heavy atom. The van der Waals surface area contributed by atoms with Gasteiger partial charge < -0.3 is 9.47 Å². The van der Waals surface area contributed by atoms with Crippen molar-refractivity contribution in [3.8, 4) is 5.75 Å². The fourth-order valence-corrected chi connectivity index (χ4v) is 4.52. The maximum absolute atomic E-state index is 12.2. The number of benzene rings is 1. The zero-order valence-corrected chi connectivity index (χ0v) is 18.8. The topological polar surface area (TPSA) is 52.6 Å². The highest BCUT2D eigenvalue weighted by Gasteiger charge is 2.36. The summed E-state index contributed by atoms with van der Waals surface area (Å²) in [6.45, 7) is 6.56. The van der Waals surface area contributed by atoms with Gasteiger partial charge in [-0.3, -0.25) is 9.59 Å². The first-order valence-corrected chi connectivity index (χ1v) is 10.8. The summed E-state index contributed by atoms with van der Waals surface area (Å²) in [6.07, 6.45) is 4.78. The van der Waals surface area contributed by atoms with Crippen LogP contribution in [-0.4, -0.2) is 18.0 Å². The Morgan fingerprint density at radius 1 is 1.00 bits per heavy atom. The first-order chi connectivity index (χ1) is 13.1. The van der Waals surface area contributed by atoms with Crippen LogP contribution in [-0.2, 0) is 14.3 Å². The third-order valence-electron chi connectivity index (χ3n) is 5.04. The van der Waals surface area contributed by atoms with Gasteiger partial charge in [0.05, 0.1) is 10.0 Å². The molecule has 4 nitrogen and oxygen atoms in total. The molecule has 2 unspecified atom stereocenters. The minimum Gasteiger partial charge on any atom is -0.462 e. The van der Waals surface area contributed by atoms with Crippen LogP contribution in [0.4, 0.5) is 0 Å². The highest BCUT2D eigenvalue weighted by molar-refractivity contribution is 6.40. The van der Waals surface area contributed by atoms with E-state index in [9.17, 15) is 9.59 Å². The summed E-state index contributed by atoms with van der Waals surface area (Å²) >= 11 is 17.8. The molecule has 0 aromatic heterocycles. The van der Waals surface area contributed by atoms with E-state index >= 15 is 0 Å². The largest absolute Gasteiger partial charge is 0.462 e. The van der Waals surface area contributed by atoms with E-state index in [-0.39, 0.29) is 46.1 Å². The van der Waals surface area contributed by atoms with E-state index in [0.717, 1.165) is 19.3 Å². The van der Waals surface area contributed by atoms with Crippen LogP contribution >= 0.6 is 34.8 Å². The molecule has 0 amide bonds. The number of hydrogen-bond donors (Lipinski definition) is 0. The summed E-state index contributed by atoms with van der Waals surface area (Å²) in [4.78, 5) is 24.3. The average Bonchev–Trinajstić information content (AvgIpc) is 2.57. The van der Waals surface area contributed by atoms with Crippen LogP contribution in [0.15, 0.2) is 12.1 Å². The minimum absolute atomic E-state index is 0.0418. The molecule has 1 fully saturated rings.